The quantitative estimate of drug-likeness (QED) is 0.858. The van der Waals surface area contributed by atoms with E-state index >= 15 is 0 Å². The van der Waals surface area contributed by atoms with E-state index in [-0.39, 0.29) is 11.2 Å². The summed E-state index contributed by atoms with van der Waals surface area (Å²) in [7, 11) is 1.60. The van der Waals surface area contributed by atoms with Gasteiger partial charge in [-0.3, -0.25) is 4.79 Å². The summed E-state index contributed by atoms with van der Waals surface area (Å²) in [5.41, 5.74) is 1.03. The summed E-state index contributed by atoms with van der Waals surface area (Å²) >= 11 is 1.39. The van der Waals surface area contributed by atoms with Crippen LogP contribution in [0.3, 0.4) is 0 Å². The first-order valence-electron chi connectivity index (χ1n) is 5.88. The van der Waals surface area contributed by atoms with E-state index in [1.165, 1.54) is 11.8 Å². The normalized spacial score (nSPS) is 22.7. The van der Waals surface area contributed by atoms with E-state index in [1.54, 1.807) is 7.11 Å². The molecule has 2 N–H and O–H groups in total. The Balaban J connectivity index is 1.96. The SMILES string of the molecule is COc1ccc(C[C@@H]2SC[C@@H](C(=O)O)NC2=O)cc1. The van der Waals surface area contributed by atoms with E-state index in [4.69, 9.17) is 9.84 Å². The zero-order valence-electron chi connectivity index (χ0n) is 10.5. The molecule has 0 unspecified atom stereocenters. The molecule has 0 bridgehead atoms. The van der Waals surface area contributed by atoms with E-state index in [9.17, 15) is 9.59 Å². The zero-order valence-corrected chi connectivity index (χ0v) is 11.3. The van der Waals surface area contributed by atoms with Crippen LogP contribution in [0.4, 0.5) is 0 Å². The molecule has 6 heteroatoms. The van der Waals surface area contributed by atoms with Crippen molar-refractivity contribution in [3.05, 3.63) is 29.8 Å². The molecular weight excluding hydrogens is 266 g/mol. The van der Waals surface area contributed by atoms with Crippen molar-refractivity contribution in [1.82, 2.24) is 5.32 Å². The van der Waals surface area contributed by atoms with E-state index in [1.807, 2.05) is 24.3 Å². The molecule has 1 saturated heterocycles. The summed E-state index contributed by atoms with van der Waals surface area (Å²) in [5, 5.41) is 11.1. The minimum Gasteiger partial charge on any atom is -0.497 e. The maximum atomic E-state index is 11.8. The zero-order chi connectivity index (χ0) is 13.8. The van der Waals surface area contributed by atoms with Gasteiger partial charge in [0.15, 0.2) is 0 Å². The topological polar surface area (TPSA) is 75.6 Å². The molecule has 1 aromatic rings. The number of benzene rings is 1. The number of thioether (sulfide) groups is 1. The Labute approximate surface area is 115 Å². The molecule has 1 aliphatic heterocycles. The van der Waals surface area contributed by atoms with Crippen molar-refractivity contribution in [2.24, 2.45) is 0 Å². The highest BCUT2D eigenvalue weighted by Gasteiger charge is 2.32. The van der Waals surface area contributed by atoms with Crippen LogP contribution in [-0.2, 0) is 16.0 Å². The lowest BCUT2D eigenvalue weighted by molar-refractivity contribution is -0.141. The molecule has 102 valence electrons. The molecule has 1 aromatic carbocycles. The Kier molecular flexibility index (Phi) is 4.31. The molecule has 19 heavy (non-hydrogen) atoms. The smallest absolute Gasteiger partial charge is 0.327 e. The lowest BCUT2D eigenvalue weighted by atomic mass is 10.1. The van der Waals surface area contributed by atoms with Crippen LogP contribution in [0.15, 0.2) is 24.3 Å². The molecule has 0 aromatic heterocycles. The molecule has 2 rings (SSSR count). The van der Waals surface area contributed by atoms with Gasteiger partial charge < -0.3 is 15.2 Å². The second-order valence-electron chi connectivity index (χ2n) is 4.27. The Hall–Kier alpha value is -1.69. The van der Waals surface area contributed by atoms with Gasteiger partial charge in [0, 0.05) is 5.75 Å². The van der Waals surface area contributed by atoms with Crippen LogP contribution in [0.2, 0.25) is 0 Å². The number of carbonyl (C=O) groups is 2. The van der Waals surface area contributed by atoms with Gasteiger partial charge in [0.2, 0.25) is 5.91 Å². The van der Waals surface area contributed by atoms with E-state index in [0.717, 1.165) is 11.3 Å². The lowest BCUT2D eigenvalue weighted by Crippen LogP contribution is -2.51. The van der Waals surface area contributed by atoms with Crippen LogP contribution in [0.25, 0.3) is 0 Å². The molecule has 0 radical (unpaired) electrons. The Morgan fingerprint density at radius 3 is 2.68 bits per heavy atom. The van der Waals surface area contributed by atoms with Crippen molar-refractivity contribution < 1.29 is 19.4 Å². The molecule has 0 aliphatic carbocycles. The van der Waals surface area contributed by atoms with Crippen molar-refractivity contribution in [1.29, 1.82) is 0 Å². The summed E-state index contributed by atoms with van der Waals surface area (Å²) in [4.78, 5) is 22.6. The second-order valence-corrected chi connectivity index (χ2v) is 5.51. The summed E-state index contributed by atoms with van der Waals surface area (Å²) in [6, 6.07) is 6.75. The first-order valence-corrected chi connectivity index (χ1v) is 6.92. The molecule has 1 heterocycles. The summed E-state index contributed by atoms with van der Waals surface area (Å²) in [6.45, 7) is 0. The third-order valence-electron chi connectivity index (χ3n) is 2.95. The standard InChI is InChI=1S/C13H15NO4S/c1-18-9-4-2-8(3-5-9)6-11-12(15)14-10(7-19-11)13(16)17/h2-5,10-11H,6-7H2,1H3,(H,14,15)(H,16,17)/t10-,11-/m0/s1. The first kappa shape index (κ1) is 13.7. The number of carboxylic acid groups (broad SMARTS) is 1. The average molecular weight is 281 g/mol. The van der Waals surface area contributed by atoms with E-state index in [0.29, 0.717) is 12.2 Å². The lowest BCUT2D eigenvalue weighted by Gasteiger charge is -2.26. The maximum Gasteiger partial charge on any atom is 0.327 e. The van der Waals surface area contributed by atoms with Crippen LogP contribution >= 0.6 is 11.8 Å². The molecule has 1 aliphatic rings. The van der Waals surface area contributed by atoms with Gasteiger partial charge in [-0.1, -0.05) is 12.1 Å². The fourth-order valence-electron chi connectivity index (χ4n) is 1.85. The fourth-order valence-corrected chi connectivity index (χ4v) is 3.04. The van der Waals surface area contributed by atoms with Crippen molar-refractivity contribution in [3.63, 3.8) is 0 Å². The van der Waals surface area contributed by atoms with Gasteiger partial charge >= 0.3 is 5.97 Å². The van der Waals surface area contributed by atoms with Gasteiger partial charge in [-0.15, -0.1) is 11.8 Å². The van der Waals surface area contributed by atoms with Gasteiger partial charge in [0.05, 0.1) is 12.4 Å². The average Bonchev–Trinajstić information content (AvgIpc) is 2.41. The van der Waals surface area contributed by atoms with Gasteiger partial charge in [-0.2, -0.15) is 0 Å². The fraction of sp³-hybridized carbons (Fsp3) is 0.385. The largest absolute Gasteiger partial charge is 0.497 e. The molecule has 5 nitrogen and oxygen atoms in total. The van der Waals surface area contributed by atoms with Gasteiger partial charge in [-0.25, -0.2) is 4.79 Å². The molecule has 0 spiro atoms. The number of nitrogens with one attached hydrogen (secondary N) is 1. The van der Waals surface area contributed by atoms with Gasteiger partial charge in [0.25, 0.3) is 0 Å². The monoisotopic (exact) mass is 281 g/mol. The van der Waals surface area contributed by atoms with Crippen molar-refractivity contribution in [2.45, 2.75) is 17.7 Å². The molecule has 1 amide bonds. The van der Waals surface area contributed by atoms with Crippen LogP contribution in [0.5, 0.6) is 5.75 Å². The van der Waals surface area contributed by atoms with Crippen molar-refractivity contribution in [3.8, 4) is 5.75 Å². The second kappa shape index (κ2) is 5.97. The first-order chi connectivity index (χ1) is 9.10. The number of ether oxygens (including phenoxy) is 1. The highest BCUT2D eigenvalue weighted by atomic mass is 32.2. The number of methoxy groups -OCH3 is 1. The van der Waals surface area contributed by atoms with E-state index in [2.05, 4.69) is 5.32 Å². The number of hydrogen-bond acceptors (Lipinski definition) is 4. The third-order valence-corrected chi connectivity index (χ3v) is 4.26. The Morgan fingerprint density at radius 2 is 2.16 bits per heavy atom. The molecule has 2 atom stereocenters. The molecular formula is C13H15NO4S. The summed E-state index contributed by atoms with van der Waals surface area (Å²) < 4.78 is 5.07. The minimum absolute atomic E-state index is 0.209. The molecule has 1 fully saturated rings. The summed E-state index contributed by atoms with van der Waals surface area (Å²) in [5.74, 6) is -0.0133. The van der Waals surface area contributed by atoms with Gasteiger partial charge in [-0.05, 0) is 24.1 Å². The number of carbonyl (C=O) groups excluding carboxylic acids is 1. The predicted octanol–water partition coefficient (Wildman–Crippen LogP) is 0.922. The van der Waals surface area contributed by atoms with Gasteiger partial charge in [0.1, 0.15) is 11.8 Å². The van der Waals surface area contributed by atoms with Crippen LogP contribution in [0, 0.1) is 0 Å². The third kappa shape index (κ3) is 3.41. The summed E-state index contributed by atoms with van der Waals surface area (Å²) in [6.07, 6.45) is 0.590. The highest BCUT2D eigenvalue weighted by Crippen LogP contribution is 2.23. The Bertz CT molecular complexity index is 474. The number of aliphatic carboxylic acids is 1. The Morgan fingerprint density at radius 1 is 1.47 bits per heavy atom. The molecule has 0 saturated carbocycles. The number of amides is 1. The predicted molar refractivity (Wildman–Crippen MR) is 72.5 cm³/mol. The number of carboxylic acids is 1. The van der Waals surface area contributed by atoms with Crippen LogP contribution in [0.1, 0.15) is 5.56 Å². The van der Waals surface area contributed by atoms with E-state index < -0.39 is 12.0 Å². The number of rotatable bonds is 4. The van der Waals surface area contributed by atoms with Crippen molar-refractivity contribution >= 4 is 23.6 Å². The van der Waals surface area contributed by atoms with Crippen LogP contribution < -0.4 is 10.1 Å². The maximum absolute atomic E-state index is 11.8. The van der Waals surface area contributed by atoms with Crippen LogP contribution in [-0.4, -0.2) is 41.1 Å². The number of hydrogen-bond donors (Lipinski definition) is 2. The van der Waals surface area contributed by atoms with Crippen molar-refractivity contribution in [2.75, 3.05) is 12.9 Å². The highest BCUT2D eigenvalue weighted by molar-refractivity contribution is 8.00. The minimum atomic E-state index is -0.983.